The van der Waals surface area contributed by atoms with E-state index < -0.39 is 0 Å². The zero-order valence-electron chi connectivity index (χ0n) is 12.6. The summed E-state index contributed by atoms with van der Waals surface area (Å²) in [5, 5.41) is 9.62. The van der Waals surface area contributed by atoms with Crippen LogP contribution < -0.4 is 0 Å². The third-order valence-electron chi connectivity index (χ3n) is 4.96. The van der Waals surface area contributed by atoms with Crippen molar-refractivity contribution in [1.82, 2.24) is 0 Å². The van der Waals surface area contributed by atoms with Crippen LogP contribution in [0, 0.1) is 11.3 Å². The van der Waals surface area contributed by atoms with E-state index in [2.05, 4.69) is 13.8 Å². The lowest BCUT2D eigenvalue weighted by Crippen LogP contribution is -2.46. The van der Waals surface area contributed by atoms with Crippen LogP contribution in [0.4, 0.5) is 0 Å². The lowest BCUT2D eigenvalue weighted by molar-refractivity contribution is -0.258. The molecular formula is C16H30O3. The lowest BCUT2D eigenvalue weighted by Gasteiger charge is -2.45. The monoisotopic (exact) mass is 270 g/mol. The van der Waals surface area contributed by atoms with Crippen molar-refractivity contribution in [2.24, 2.45) is 11.3 Å². The van der Waals surface area contributed by atoms with Gasteiger partial charge in [-0.15, -0.1) is 0 Å². The molecule has 2 fully saturated rings. The largest absolute Gasteiger partial charge is 0.393 e. The molecule has 0 aromatic rings. The molecule has 3 nitrogen and oxygen atoms in total. The van der Waals surface area contributed by atoms with E-state index in [0.29, 0.717) is 5.92 Å². The van der Waals surface area contributed by atoms with Crippen LogP contribution in [0.5, 0.6) is 0 Å². The normalized spacial score (nSPS) is 37.4. The summed E-state index contributed by atoms with van der Waals surface area (Å²) in [4.78, 5) is 0. The van der Waals surface area contributed by atoms with Crippen molar-refractivity contribution in [2.75, 3.05) is 13.2 Å². The van der Waals surface area contributed by atoms with Crippen LogP contribution in [-0.4, -0.2) is 30.7 Å². The first-order chi connectivity index (χ1) is 9.19. The van der Waals surface area contributed by atoms with Crippen molar-refractivity contribution in [3.05, 3.63) is 0 Å². The van der Waals surface area contributed by atoms with Crippen LogP contribution in [0.15, 0.2) is 0 Å². The molecule has 1 unspecified atom stereocenters. The molecule has 0 bridgehead atoms. The van der Waals surface area contributed by atoms with Crippen molar-refractivity contribution in [2.45, 2.75) is 77.6 Å². The van der Waals surface area contributed by atoms with Crippen molar-refractivity contribution in [1.29, 1.82) is 0 Å². The highest BCUT2D eigenvalue weighted by molar-refractivity contribution is 4.88. The van der Waals surface area contributed by atoms with Gasteiger partial charge < -0.3 is 14.6 Å². The molecule has 1 heterocycles. The second-order valence-electron chi connectivity index (χ2n) is 6.53. The minimum Gasteiger partial charge on any atom is -0.393 e. The van der Waals surface area contributed by atoms with Crippen LogP contribution >= 0.6 is 0 Å². The fraction of sp³-hybridized carbons (Fsp3) is 1.00. The van der Waals surface area contributed by atoms with Crippen molar-refractivity contribution in [3.63, 3.8) is 0 Å². The van der Waals surface area contributed by atoms with Gasteiger partial charge in [-0.1, -0.05) is 26.7 Å². The molecule has 1 atom stereocenters. The van der Waals surface area contributed by atoms with E-state index in [-0.39, 0.29) is 17.8 Å². The number of aliphatic hydroxyl groups excluding tert-OH is 1. The Morgan fingerprint density at radius 2 is 1.79 bits per heavy atom. The molecule has 1 aliphatic carbocycles. The molecule has 1 saturated carbocycles. The summed E-state index contributed by atoms with van der Waals surface area (Å²) in [5.74, 6) is 0.548. The molecule has 0 radical (unpaired) electrons. The topological polar surface area (TPSA) is 38.7 Å². The van der Waals surface area contributed by atoms with Gasteiger partial charge >= 0.3 is 0 Å². The summed E-state index contributed by atoms with van der Waals surface area (Å²) in [5.41, 5.74) is 0.193. The fourth-order valence-corrected chi connectivity index (χ4v) is 3.38. The van der Waals surface area contributed by atoms with Gasteiger partial charge in [-0.05, 0) is 38.5 Å². The molecule has 3 heteroatoms. The number of hydrogen-bond donors (Lipinski definition) is 1. The molecule has 0 amide bonds. The lowest BCUT2D eigenvalue weighted by atomic mass is 9.74. The Hall–Kier alpha value is -0.120. The van der Waals surface area contributed by atoms with E-state index in [4.69, 9.17) is 9.47 Å². The molecule has 112 valence electrons. The third kappa shape index (κ3) is 3.93. The summed E-state index contributed by atoms with van der Waals surface area (Å²) in [6, 6.07) is 0. The summed E-state index contributed by atoms with van der Waals surface area (Å²) < 4.78 is 12.1. The van der Waals surface area contributed by atoms with E-state index >= 15 is 0 Å². The third-order valence-corrected chi connectivity index (χ3v) is 4.96. The average Bonchev–Trinajstić information content (AvgIpc) is 2.45. The van der Waals surface area contributed by atoms with Gasteiger partial charge in [-0.3, -0.25) is 0 Å². The van der Waals surface area contributed by atoms with E-state index in [0.717, 1.165) is 45.3 Å². The molecule has 1 saturated heterocycles. The minimum absolute atomic E-state index is 0.00836. The summed E-state index contributed by atoms with van der Waals surface area (Å²) in [7, 11) is 0. The maximum Gasteiger partial charge on any atom is 0.160 e. The average molecular weight is 270 g/mol. The first kappa shape index (κ1) is 15.3. The molecule has 1 N–H and O–H groups in total. The molecule has 0 aromatic heterocycles. The SMILES string of the molecule is CCCCC(CC)C1OCC2(CCC(O)CC2)CO1. The maximum atomic E-state index is 9.62. The Labute approximate surface area is 117 Å². The van der Waals surface area contributed by atoms with Crippen LogP contribution in [0.25, 0.3) is 0 Å². The predicted octanol–water partition coefficient (Wildman–Crippen LogP) is 3.50. The van der Waals surface area contributed by atoms with E-state index in [1.54, 1.807) is 0 Å². The van der Waals surface area contributed by atoms with Crippen LogP contribution in [-0.2, 0) is 9.47 Å². The van der Waals surface area contributed by atoms with Gasteiger partial charge in [0.2, 0.25) is 0 Å². The van der Waals surface area contributed by atoms with Crippen molar-refractivity contribution < 1.29 is 14.6 Å². The van der Waals surface area contributed by atoms with Gasteiger partial charge in [0, 0.05) is 11.3 Å². The first-order valence-corrected chi connectivity index (χ1v) is 8.10. The maximum absolute atomic E-state index is 9.62. The molecule has 2 rings (SSSR count). The standard InChI is InChI=1S/C16H30O3/c1-3-5-6-13(4-2)15-18-11-16(12-19-15)9-7-14(17)8-10-16/h13-15,17H,3-12H2,1-2H3. The molecular weight excluding hydrogens is 240 g/mol. The van der Waals surface area contributed by atoms with Gasteiger partial charge in [0.1, 0.15) is 0 Å². The van der Waals surface area contributed by atoms with Crippen LogP contribution in [0.3, 0.4) is 0 Å². The molecule has 1 aliphatic heterocycles. The summed E-state index contributed by atoms with van der Waals surface area (Å²) in [6.45, 7) is 6.12. The zero-order valence-corrected chi connectivity index (χ0v) is 12.6. The van der Waals surface area contributed by atoms with Gasteiger partial charge in [-0.25, -0.2) is 0 Å². The van der Waals surface area contributed by atoms with Crippen molar-refractivity contribution in [3.8, 4) is 0 Å². The van der Waals surface area contributed by atoms with Gasteiger partial charge in [0.05, 0.1) is 19.3 Å². The molecule has 2 aliphatic rings. The zero-order chi connectivity index (χ0) is 13.7. The molecule has 19 heavy (non-hydrogen) atoms. The van der Waals surface area contributed by atoms with E-state index in [9.17, 15) is 5.11 Å². The highest BCUT2D eigenvalue weighted by Gasteiger charge is 2.41. The number of hydrogen-bond acceptors (Lipinski definition) is 3. The number of aliphatic hydroxyl groups is 1. The minimum atomic E-state index is -0.101. The fourth-order valence-electron chi connectivity index (χ4n) is 3.38. The Kier molecular flexibility index (Phi) is 5.67. The Morgan fingerprint density at radius 3 is 2.32 bits per heavy atom. The van der Waals surface area contributed by atoms with Crippen molar-refractivity contribution >= 4 is 0 Å². The predicted molar refractivity (Wildman–Crippen MR) is 75.9 cm³/mol. The number of ether oxygens (including phenoxy) is 2. The Bertz CT molecular complexity index is 249. The molecule has 0 aromatic carbocycles. The van der Waals surface area contributed by atoms with E-state index in [1.165, 1.54) is 19.3 Å². The van der Waals surface area contributed by atoms with Gasteiger partial charge in [0.15, 0.2) is 6.29 Å². The summed E-state index contributed by atoms with van der Waals surface area (Å²) in [6.07, 6.45) is 8.67. The van der Waals surface area contributed by atoms with Crippen LogP contribution in [0.1, 0.15) is 65.2 Å². The highest BCUT2D eigenvalue weighted by atomic mass is 16.7. The smallest absolute Gasteiger partial charge is 0.160 e. The first-order valence-electron chi connectivity index (χ1n) is 8.10. The second kappa shape index (κ2) is 7.05. The number of rotatable bonds is 5. The summed E-state index contributed by atoms with van der Waals surface area (Å²) >= 11 is 0. The van der Waals surface area contributed by atoms with Crippen LogP contribution in [0.2, 0.25) is 0 Å². The Balaban J connectivity index is 1.81. The molecule has 1 spiro atoms. The van der Waals surface area contributed by atoms with E-state index in [1.807, 2.05) is 0 Å². The Morgan fingerprint density at radius 1 is 1.16 bits per heavy atom. The van der Waals surface area contributed by atoms with Gasteiger partial charge in [0.25, 0.3) is 0 Å². The number of unbranched alkanes of at least 4 members (excludes halogenated alkanes) is 1. The quantitative estimate of drug-likeness (QED) is 0.831. The second-order valence-corrected chi connectivity index (χ2v) is 6.53. The highest BCUT2D eigenvalue weighted by Crippen LogP contribution is 2.41. The van der Waals surface area contributed by atoms with Gasteiger partial charge in [-0.2, -0.15) is 0 Å².